The summed E-state index contributed by atoms with van der Waals surface area (Å²) < 4.78 is 11.3. The number of hydrogen-bond acceptors (Lipinski definition) is 7. The predicted molar refractivity (Wildman–Crippen MR) is 103 cm³/mol. The maximum absolute atomic E-state index is 12.4. The zero-order chi connectivity index (χ0) is 19.2. The van der Waals surface area contributed by atoms with Crippen molar-refractivity contribution in [3.05, 3.63) is 64.5 Å². The number of hydrogen-bond donors (Lipinski definition) is 1. The van der Waals surface area contributed by atoms with Crippen LogP contribution in [0.1, 0.15) is 16.2 Å². The van der Waals surface area contributed by atoms with E-state index in [0.29, 0.717) is 16.3 Å². The highest BCUT2D eigenvalue weighted by molar-refractivity contribution is 9.10. The molecule has 0 atom stereocenters. The largest absolute Gasteiger partial charge is 0.452 e. The van der Waals surface area contributed by atoms with Crippen LogP contribution in [0.25, 0.3) is 11.4 Å². The fourth-order valence-electron chi connectivity index (χ4n) is 2.17. The highest BCUT2D eigenvalue weighted by Crippen LogP contribution is 2.24. The van der Waals surface area contributed by atoms with Gasteiger partial charge in [0.25, 0.3) is 5.89 Å². The molecule has 0 unspecified atom stereocenters. The highest BCUT2D eigenvalue weighted by atomic mass is 79.9. The van der Waals surface area contributed by atoms with Crippen LogP contribution in [0.3, 0.4) is 0 Å². The molecule has 1 aromatic heterocycles. The van der Waals surface area contributed by atoms with E-state index >= 15 is 0 Å². The SMILES string of the molecule is NC(=O)CSc1ccccc1C(=O)OCc1nc(-c2cccc(Br)c2)no1. The van der Waals surface area contributed by atoms with Gasteiger partial charge in [-0.15, -0.1) is 11.8 Å². The average Bonchev–Trinajstić information content (AvgIpc) is 3.14. The van der Waals surface area contributed by atoms with Gasteiger partial charge in [-0.3, -0.25) is 4.79 Å². The quantitative estimate of drug-likeness (QED) is 0.436. The van der Waals surface area contributed by atoms with E-state index in [1.807, 2.05) is 24.3 Å². The van der Waals surface area contributed by atoms with Gasteiger partial charge in [0, 0.05) is 14.9 Å². The normalized spacial score (nSPS) is 10.6. The summed E-state index contributed by atoms with van der Waals surface area (Å²) in [6.07, 6.45) is 0. The molecule has 0 spiro atoms. The van der Waals surface area contributed by atoms with E-state index in [1.54, 1.807) is 24.3 Å². The Bertz CT molecular complexity index is 977. The van der Waals surface area contributed by atoms with Crippen LogP contribution in [0.2, 0.25) is 0 Å². The molecule has 0 radical (unpaired) electrons. The molecule has 138 valence electrons. The number of amides is 1. The zero-order valence-electron chi connectivity index (χ0n) is 13.9. The number of ether oxygens (including phenoxy) is 1. The summed E-state index contributed by atoms with van der Waals surface area (Å²) >= 11 is 4.56. The first kappa shape index (κ1) is 19.1. The van der Waals surface area contributed by atoms with Gasteiger partial charge in [-0.25, -0.2) is 4.79 Å². The molecule has 0 saturated heterocycles. The number of benzene rings is 2. The monoisotopic (exact) mass is 447 g/mol. The maximum atomic E-state index is 12.4. The molecule has 1 heterocycles. The molecule has 7 nitrogen and oxygen atoms in total. The number of rotatable bonds is 7. The van der Waals surface area contributed by atoms with Crippen LogP contribution < -0.4 is 5.73 Å². The lowest BCUT2D eigenvalue weighted by molar-refractivity contribution is -0.115. The number of carbonyl (C=O) groups is 2. The van der Waals surface area contributed by atoms with E-state index in [9.17, 15) is 9.59 Å². The predicted octanol–water partition coefficient (Wildman–Crippen LogP) is 3.43. The van der Waals surface area contributed by atoms with E-state index in [1.165, 1.54) is 11.8 Å². The summed E-state index contributed by atoms with van der Waals surface area (Å²) in [6.45, 7) is -0.158. The van der Waals surface area contributed by atoms with Gasteiger partial charge in [0.05, 0.1) is 11.3 Å². The number of primary amides is 1. The summed E-state index contributed by atoms with van der Waals surface area (Å²) in [5.41, 5.74) is 6.27. The van der Waals surface area contributed by atoms with Crippen molar-refractivity contribution < 1.29 is 18.8 Å². The number of carbonyl (C=O) groups excluding carboxylic acids is 2. The minimum Gasteiger partial charge on any atom is -0.452 e. The molecule has 0 aliphatic heterocycles. The van der Waals surface area contributed by atoms with Crippen LogP contribution in [-0.4, -0.2) is 27.8 Å². The van der Waals surface area contributed by atoms with Gasteiger partial charge >= 0.3 is 5.97 Å². The lowest BCUT2D eigenvalue weighted by Gasteiger charge is -2.07. The van der Waals surface area contributed by atoms with Gasteiger partial charge in [-0.1, -0.05) is 45.4 Å². The van der Waals surface area contributed by atoms with Crippen molar-refractivity contribution in [1.82, 2.24) is 10.1 Å². The first-order valence-electron chi connectivity index (χ1n) is 7.78. The van der Waals surface area contributed by atoms with Crippen LogP contribution in [-0.2, 0) is 16.1 Å². The van der Waals surface area contributed by atoms with E-state index in [2.05, 4.69) is 26.1 Å². The number of halogens is 1. The van der Waals surface area contributed by atoms with Crippen molar-refractivity contribution in [2.75, 3.05) is 5.75 Å². The fourth-order valence-corrected chi connectivity index (χ4v) is 3.35. The third kappa shape index (κ3) is 5.18. The van der Waals surface area contributed by atoms with Gasteiger partial charge in [0.1, 0.15) is 0 Å². The summed E-state index contributed by atoms with van der Waals surface area (Å²) in [7, 11) is 0. The standard InChI is InChI=1S/C18H14BrN3O4S/c19-12-5-3-4-11(8-12)17-21-16(26-22-17)9-25-18(24)13-6-1-2-7-14(13)27-10-15(20)23/h1-8H,9-10H2,(H2,20,23). The molecular formula is C18H14BrN3O4S. The van der Waals surface area contributed by atoms with Crippen molar-refractivity contribution in [3.63, 3.8) is 0 Å². The molecule has 2 aromatic carbocycles. The lowest BCUT2D eigenvalue weighted by atomic mass is 10.2. The van der Waals surface area contributed by atoms with Crippen molar-refractivity contribution in [3.8, 4) is 11.4 Å². The van der Waals surface area contributed by atoms with Gasteiger partial charge in [-0.05, 0) is 24.3 Å². The Labute approximate surface area is 167 Å². The number of thioether (sulfide) groups is 1. The van der Waals surface area contributed by atoms with E-state index in [4.69, 9.17) is 15.0 Å². The molecular weight excluding hydrogens is 434 g/mol. The van der Waals surface area contributed by atoms with Crippen molar-refractivity contribution in [2.24, 2.45) is 5.73 Å². The van der Waals surface area contributed by atoms with Crippen molar-refractivity contribution >= 4 is 39.6 Å². The summed E-state index contributed by atoms with van der Waals surface area (Å²) in [6, 6.07) is 14.3. The van der Waals surface area contributed by atoms with E-state index in [0.717, 1.165) is 10.0 Å². The van der Waals surface area contributed by atoms with Crippen LogP contribution in [0.4, 0.5) is 0 Å². The van der Waals surface area contributed by atoms with Crippen LogP contribution in [0, 0.1) is 0 Å². The number of aromatic nitrogens is 2. The summed E-state index contributed by atoms with van der Waals surface area (Å²) in [4.78, 5) is 28.2. The maximum Gasteiger partial charge on any atom is 0.339 e. The second-order valence-electron chi connectivity index (χ2n) is 5.35. The third-order valence-electron chi connectivity index (χ3n) is 3.35. The van der Waals surface area contributed by atoms with Gasteiger partial charge in [-0.2, -0.15) is 4.98 Å². The lowest BCUT2D eigenvalue weighted by Crippen LogP contribution is -2.14. The molecule has 1 amide bonds. The number of esters is 1. The Kier molecular flexibility index (Phi) is 6.25. The molecule has 0 bridgehead atoms. The Hall–Kier alpha value is -2.65. The molecule has 0 aliphatic carbocycles. The first-order chi connectivity index (χ1) is 13.0. The molecule has 0 saturated carbocycles. The second-order valence-corrected chi connectivity index (χ2v) is 7.28. The van der Waals surface area contributed by atoms with Crippen LogP contribution in [0.5, 0.6) is 0 Å². The fraction of sp³-hybridized carbons (Fsp3) is 0.111. The Balaban J connectivity index is 1.66. The molecule has 27 heavy (non-hydrogen) atoms. The van der Waals surface area contributed by atoms with Crippen LogP contribution in [0.15, 0.2) is 62.4 Å². The topological polar surface area (TPSA) is 108 Å². The Morgan fingerprint density at radius 3 is 2.78 bits per heavy atom. The van der Waals surface area contributed by atoms with Crippen molar-refractivity contribution in [2.45, 2.75) is 11.5 Å². The summed E-state index contributed by atoms with van der Waals surface area (Å²) in [5.74, 6) is -0.358. The molecule has 0 aliphatic rings. The average molecular weight is 448 g/mol. The van der Waals surface area contributed by atoms with Gasteiger partial charge in [0.2, 0.25) is 11.7 Å². The number of nitrogens with zero attached hydrogens (tertiary/aromatic N) is 2. The van der Waals surface area contributed by atoms with Crippen LogP contribution >= 0.6 is 27.7 Å². The molecule has 3 rings (SSSR count). The molecule has 9 heteroatoms. The molecule has 3 aromatic rings. The zero-order valence-corrected chi connectivity index (χ0v) is 16.3. The van der Waals surface area contributed by atoms with E-state index < -0.39 is 11.9 Å². The van der Waals surface area contributed by atoms with Gasteiger partial charge < -0.3 is 15.0 Å². The smallest absolute Gasteiger partial charge is 0.339 e. The number of nitrogens with two attached hydrogens (primary N) is 1. The minimum atomic E-state index is -0.551. The van der Waals surface area contributed by atoms with Gasteiger partial charge in [0.15, 0.2) is 6.61 Å². The van der Waals surface area contributed by atoms with E-state index in [-0.39, 0.29) is 18.3 Å². The first-order valence-corrected chi connectivity index (χ1v) is 9.56. The minimum absolute atomic E-state index is 0.0734. The second kappa shape index (κ2) is 8.83. The Morgan fingerprint density at radius 2 is 2.00 bits per heavy atom. The van der Waals surface area contributed by atoms with Crippen molar-refractivity contribution in [1.29, 1.82) is 0 Å². The summed E-state index contributed by atoms with van der Waals surface area (Å²) in [5, 5.41) is 3.89. The highest BCUT2D eigenvalue weighted by Gasteiger charge is 2.16. The molecule has 0 fully saturated rings. The Morgan fingerprint density at radius 1 is 1.19 bits per heavy atom. The molecule has 2 N–H and O–H groups in total. The third-order valence-corrected chi connectivity index (χ3v) is 4.94.